The first-order valence-electron chi connectivity index (χ1n) is 4.20. The molecule has 0 aliphatic carbocycles. The van der Waals surface area contributed by atoms with Gasteiger partial charge in [0.15, 0.2) is 0 Å². The van der Waals surface area contributed by atoms with Crippen molar-refractivity contribution in [3.8, 4) is 11.8 Å². The predicted octanol–water partition coefficient (Wildman–Crippen LogP) is 2.05. The molecule has 78 valence electrons. The lowest BCUT2D eigenvalue weighted by atomic mass is 10.1. The van der Waals surface area contributed by atoms with Crippen LogP contribution in [0.2, 0.25) is 0 Å². The number of carbonyl (C=O) groups excluding carboxylic acids is 1. The number of ether oxygens (including phenoxy) is 1. The number of hydrogen-bond donors (Lipinski definition) is 1. The number of nitrogens with zero attached hydrogens (tertiary/aromatic N) is 1. The SMILES string of the molecule is CCOC(=O)c1c(I)ccc(C#N)c1O. The van der Waals surface area contributed by atoms with Gasteiger partial charge >= 0.3 is 5.97 Å². The molecule has 1 aromatic rings. The topological polar surface area (TPSA) is 70.3 Å². The molecule has 5 heteroatoms. The molecule has 0 bridgehead atoms. The summed E-state index contributed by atoms with van der Waals surface area (Å²) in [6, 6.07) is 4.85. The number of aromatic hydroxyl groups is 1. The Morgan fingerprint density at radius 2 is 2.33 bits per heavy atom. The van der Waals surface area contributed by atoms with E-state index in [1.54, 1.807) is 19.1 Å². The second-order valence-corrected chi connectivity index (χ2v) is 3.81. The fourth-order valence-electron chi connectivity index (χ4n) is 1.05. The van der Waals surface area contributed by atoms with E-state index in [2.05, 4.69) is 0 Å². The molecule has 0 fully saturated rings. The number of esters is 1. The number of benzene rings is 1. The minimum atomic E-state index is -0.614. The van der Waals surface area contributed by atoms with Crippen LogP contribution in [-0.4, -0.2) is 17.7 Å². The van der Waals surface area contributed by atoms with E-state index in [0.717, 1.165) is 0 Å². The minimum Gasteiger partial charge on any atom is -0.506 e. The molecular weight excluding hydrogens is 309 g/mol. The van der Waals surface area contributed by atoms with E-state index in [9.17, 15) is 9.90 Å². The van der Waals surface area contributed by atoms with Crippen molar-refractivity contribution in [3.63, 3.8) is 0 Å². The fourth-order valence-corrected chi connectivity index (χ4v) is 1.71. The molecule has 0 aliphatic rings. The van der Waals surface area contributed by atoms with Crippen LogP contribution in [-0.2, 0) is 4.74 Å². The molecule has 0 amide bonds. The number of phenolic OH excluding ortho intramolecular Hbond substituents is 1. The number of rotatable bonds is 2. The number of nitriles is 1. The van der Waals surface area contributed by atoms with Crippen molar-refractivity contribution in [1.82, 2.24) is 0 Å². The molecule has 1 N–H and O–H groups in total. The van der Waals surface area contributed by atoms with Crippen molar-refractivity contribution >= 4 is 28.6 Å². The maximum atomic E-state index is 11.5. The lowest BCUT2D eigenvalue weighted by Gasteiger charge is -2.07. The molecule has 0 unspecified atom stereocenters. The third kappa shape index (κ3) is 2.39. The van der Waals surface area contributed by atoms with Crippen molar-refractivity contribution in [1.29, 1.82) is 5.26 Å². The van der Waals surface area contributed by atoms with Gasteiger partial charge in [-0.1, -0.05) is 0 Å². The lowest BCUT2D eigenvalue weighted by Crippen LogP contribution is -2.07. The van der Waals surface area contributed by atoms with E-state index >= 15 is 0 Å². The summed E-state index contributed by atoms with van der Waals surface area (Å²) in [5.74, 6) is -0.931. The van der Waals surface area contributed by atoms with Crippen LogP contribution in [0.3, 0.4) is 0 Å². The Hall–Kier alpha value is -1.29. The molecule has 0 spiro atoms. The molecule has 0 aromatic heterocycles. The van der Waals surface area contributed by atoms with Crippen LogP contribution in [0.1, 0.15) is 22.8 Å². The van der Waals surface area contributed by atoms with Crippen LogP contribution in [0.4, 0.5) is 0 Å². The van der Waals surface area contributed by atoms with E-state index in [1.807, 2.05) is 22.6 Å². The number of phenols is 1. The molecule has 0 saturated carbocycles. The van der Waals surface area contributed by atoms with E-state index in [1.165, 1.54) is 6.07 Å². The normalized spacial score (nSPS) is 9.40. The second kappa shape index (κ2) is 4.98. The lowest BCUT2D eigenvalue weighted by molar-refractivity contribution is 0.0521. The standard InChI is InChI=1S/C10H8INO3/c1-2-15-10(14)8-7(11)4-3-6(5-12)9(8)13/h3-4,13H,2H2,1H3. The van der Waals surface area contributed by atoms with Crippen molar-refractivity contribution in [3.05, 3.63) is 26.8 Å². The Kier molecular flexibility index (Phi) is 3.91. The van der Waals surface area contributed by atoms with Gasteiger partial charge in [-0.2, -0.15) is 5.26 Å². The average molecular weight is 317 g/mol. The summed E-state index contributed by atoms with van der Waals surface area (Å²) in [6.07, 6.45) is 0. The second-order valence-electron chi connectivity index (χ2n) is 2.65. The van der Waals surface area contributed by atoms with Gasteiger partial charge in [-0.3, -0.25) is 0 Å². The first kappa shape index (κ1) is 11.8. The maximum Gasteiger partial charge on any atom is 0.343 e. The summed E-state index contributed by atoms with van der Waals surface area (Å²) >= 11 is 1.90. The summed E-state index contributed by atoms with van der Waals surface area (Å²) in [5.41, 5.74) is 0.120. The zero-order valence-electron chi connectivity index (χ0n) is 7.95. The van der Waals surface area contributed by atoms with E-state index in [4.69, 9.17) is 10.00 Å². The third-order valence-electron chi connectivity index (χ3n) is 1.73. The first-order valence-corrected chi connectivity index (χ1v) is 5.28. The molecule has 1 aromatic carbocycles. The fraction of sp³-hybridized carbons (Fsp3) is 0.200. The van der Waals surface area contributed by atoms with Crippen molar-refractivity contribution < 1.29 is 14.6 Å². The van der Waals surface area contributed by atoms with E-state index < -0.39 is 5.97 Å². The summed E-state index contributed by atoms with van der Waals surface area (Å²) in [4.78, 5) is 11.5. The Morgan fingerprint density at radius 3 is 2.87 bits per heavy atom. The average Bonchev–Trinajstić information content (AvgIpc) is 2.18. The number of halogens is 1. The maximum absolute atomic E-state index is 11.5. The van der Waals surface area contributed by atoms with Gasteiger partial charge < -0.3 is 9.84 Å². The van der Waals surface area contributed by atoms with Gasteiger partial charge in [0.1, 0.15) is 17.4 Å². The molecule has 0 heterocycles. The van der Waals surface area contributed by atoms with Crippen LogP contribution in [0.5, 0.6) is 5.75 Å². The van der Waals surface area contributed by atoms with Crippen molar-refractivity contribution in [2.75, 3.05) is 6.61 Å². The van der Waals surface area contributed by atoms with Crippen LogP contribution in [0.25, 0.3) is 0 Å². The van der Waals surface area contributed by atoms with Gasteiger partial charge in [0.05, 0.1) is 12.2 Å². The van der Waals surface area contributed by atoms with Gasteiger partial charge in [-0.15, -0.1) is 0 Å². The van der Waals surface area contributed by atoms with Crippen LogP contribution in [0, 0.1) is 14.9 Å². The minimum absolute atomic E-state index is 0.0523. The Bertz CT molecular complexity index is 437. The quantitative estimate of drug-likeness (QED) is 0.669. The molecule has 15 heavy (non-hydrogen) atoms. The molecule has 0 aliphatic heterocycles. The van der Waals surface area contributed by atoms with E-state index in [0.29, 0.717) is 3.57 Å². The predicted molar refractivity (Wildman–Crippen MR) is 61.5 cm³/mol. The Balaban J connectivity index is 3.28. The van der Waals surface area contributed by atoms with Gasteiger partial charge in [0, 0.05) is 3.57 Å². The monoisotopic (exact) mass is 317 g/mol. The van der Waals surface area contributed by atoms with Crippen molar-refractivity contribution in [2.45, 2.75) is 6.92 Å². The van der Waals surface area contributed by atoms with Gasteiger partial charge in [-0.05, 0) is 41.6 Å². The Morgan fingerprint density at radius 1 is 1.67 bits per heavy atom. The highest BCUT2D eigenvalue weighted by molar-refractivity contribution is 14.1. The summed E-state index contributed by atoms with van der Waals surface area (Å²) in [6.45, 7) is 1.90. The molecule has 4 nitrogen and oxygen atoms in total. The molecule has 1 rings (SSSR count). The van der Waals surface area contributed by atoms with Crippen LogP contribution in [0.15, 0.2) is 12.1 Å². The molecule has 0 atom stereocenters. The van der Waals surface area contributed by atoms with Crippen molar-refractivity contribution in [2.24, 2.45) is 0 Å². The number of carbonyl (C=O) groups is 1. The van der Waals surface area contributed by atoms with Gasteiger partial charge in [0.2, 0.25) is 0 Å². The van der Waals surface area contributed by atoms with E-state index in [-0.39, 0.29) is 23.5 Å². The van der Waals surface area contributed by atoms with Gasteiger partial charge in [-0.25, -0.2) is 4.79 Å². The highest BCUT2D eigenvalue weighted by Gasteiger charge is 2.19. The van der Waals surface area contributed by atoms with Gasteiger partial charge in [0.25, 0.3) is 0 Å². The zero-order valence-corrected chi connectivity index (χ0v) is 10.1. The third-order valence-corrected chi connectivity index (χ3v) is 2.63. The summed E-state index contributed by atoms with van der Waals surface area (Å²) in [5, 5.41) is 18.3. The smallest absolute Gasteiger partial charge is 0.343 e. The highest BCUT2D eigenvalue weighted by Crippen LogP contribution is 2.27. The first-order chi connectivity index (χ1) is 7.11. The molecule has 0 saturated heterocycles. The highest BCUT2D eigenvalue weighted by atomic mass is 127. The molecular formula is C10H8INO3. The molecule has 0 radical (unpaired) electrons. The summed E-state index contributed by atoms with van der Waals surface area (Å²) < 4.78 is 5.33. The van der Waals surface area contributed by atoms with Crippen LogP contribution >= 0.6 is 22.6 Å². The largest absolute Gasteiger partial charge is 0.506 e. The number of hydrogen-bond acceptors (Lipinski definition) is 4. The Labute approximate surface area is 101 Å². The summed E-state index contributed by atoms with van der Waals surface area (Å²) in [7, 11) is 0. The zero-order chi connectivity index (χ0) is 11.4. The van der Waals surface area contributed by atoms with Crippen LogP contribution < -0.4 is 0 Å².